The predicted octanol–water partition coefficient (Wildman–Crippen LogP) is 14.1. The smallest absolute Gasteiger partial charge is 0.307 e. The zero-order valence-electron chi connectivity index (χ0n) is 50.4. The highest BCUT2D eigenvalue weighted by atomic mass is 32.2. The van der Waals surface area contributed by atoms with Crippen molar-refractivity contribution in [2.75, 3.05) is 53.9 Å². The van der Waals surface area contributed by atoms with Crippen LogP contribution >= 0.6 is 0 Å². The lowest BCUT2D eigenvalue weighted by molar-refractivity contribution is -0.143. The Hall–Kier alpha value is -8.62. The molecule has 2 amide bonds. The Labute approximate surface area is 515 Å². The van der Waals surface area contributed by atoms with Gasteiger partial charge in [0.2, 0.25) is 0 Å². The summed E-state index contributed by atoms with van der Waals surface area (Å²) in [4.78, 5) is 51.6. The van der Waals surface area contributed by atoms with Crippen molar-refractivity contribution in [3.63, 3.8) is 0 Å². The van der Waals surface area contributed by atoms with E-state index in [9.17, 15) is 36.0 Å². The Bertz CT molecular complexity index is 3940. The van der Waals surface area contributed by atoms with Crippen molar-refractivity contribution in [3.05, 3.63) is 179 Å². The van der Waals surface area contributed by atoms with Crippen molar-refractivity contribution in [2.45, 2.75) is 120 Å². The molecule has 0 spiro atoms. The van der Waals surface area contributed by atoms with Gasteiger partial charge >= 0.3 is 11.9 Å². The molecule has 0 aliphatic heterocycles. The number of nitrogens with one attached hydrogen (secondary N) is 4. The normalized spacial score (nSPS) is 14.6. The Morgan fingerprint density at radius 2 is 0.909 bits per heavy atom. The third-order valence-electron chi connectivity index (χ3n) is 16.6. The summed E-state index contributed by atoms with van der Waals surface area (Å²) in [6.07, 6.45) is 11.3. The van der Waals surface area contributed by atoms with E-state index in [1.54, 1.807) is 124 Å². The Morgan fingerprint density at radius 3 is 1.28 bits per heavy atom. The third kappa shape index (κ3) is 15.9. The van der Waals surface area contributed by atoms with Crippen molar-refractivity contribution in [1.29, 1.82) is 0 Å². The molecule has 2 heterocycles. The molecule has 10 rings (SSSR count). The first-order valence-electron chi connectivity index (χ1n) is 30.1. The number of amides is 2. The van der Waals surface area contributed by atoms with Crippen LogP contribution in [0, 0.1) is 25.7 Å². The summed E-state index contributed by atoms with van der Waals surface area (Å²) < 4.78 is 75.0. The van der Waals surface area contributed by atoms with Gasteiger partial charge in [-0.3, -0.25) is 28.6 Å². The van der Waals surface area contributed by atoms with Crippen molar-refractivity contribution in [2.24, 2.45) is 11.8 Å². The Kier molecular flexibility index (Phi) is 21.0. The van der Waals surface area contributed by atoms with Crippen LogP contribution in [-0.4, -0.2) is 89.3 Å². The van der Waals surface area contributed by atoms with Crippen LogP contribution in [0.15, 0.2) is 164 Å². The van der Waals surface area contributed by atoms with Gasteiger partial charge in [0, 0.05) is 83.0 Å². The van der Waals surface area contributed by atoms with Gasteiger partial charge in [0.25, 0.3) is 31.9 Å². The number of esters is 1. The number of carbonyl (C=O) groups is 4. The molecule has 464 valence electrons. The minimum Gasteiger partial charge on any atom is -0.481 e. The number of aryl methyl sites for hydroxylation is 2. The molecule has 0 bridgehead atoms. The van der Waals surface area contributed by atoms with Crippen molar-refractivity contribution in [3.8, 4) is 0 Å². The van der Waals surface area contributed by atoms with Crippen molar-refractivity contribution < 1.29 is 54.7 Å². The first-order chi connectivity index (χ1) is 42.3. The minimum absolute atomic E-state index is 0.101. The monoisotopic (exact) mass is 1230 g/mol. The quantitative estimate of drug-likeness (QED) is 0.0374. The molecule has 2 aromatic heterocycles. The van der Waals surface area contributed by atoms with E-state index < -0.39 is 26.0 Å². The molecule has 0 saturated heterocycles. The number of carboxylic acid groups (broad SMARTS) is 1. The van der Waals surface area contributed by atoms with Gasteiger partial charge in [-0.2, -0.15) is 0 Å². The topological polar surface area (TPSA) is 247 Å². The van der Waals surface area contributed by atoms with E-state index in [4.69, 9.17) is 18.7 Å². The molecule has 88 heavy (non-hydrogen) atoms. The second-order valence-electron chi connectivity index (χ2n) is 22.8. The highest BCUT2D eigenvalue weighted by Gasteiger charge is 2.32. The lowest BCUT2D eigenvalue weighted by Gasteiger charge is -2.31. The molecule has 2 fully saturated rings. The van der Waals surface area contributed by atoms with Crippen LogP contribution in [-0.2, 0) is 34.4 Å². The fourth-order valence-electron chi connectivity index (χ4n) is 11.7. The summed E-state index contributed by atoms with van der Waals surface area (Å²) in [5.74, 6) is 0.675. The molecule has 2 unspecified atom stereocenters. The highest BCUT2D eigenvalue weighted by molar-refractivity contribution is 7.93. The Morgan fingerprint density at radius 1 is 0.534 bits per heavy atom. The van der Waals surface area contributed by atoms with Crippen LogP contribution in [0.3, 0.4) is 0 Å². The van der Waals surface area contributed by atoms with Crippen molar-refractivity contribution >= 4 is 88.5 Å². The SMILES string of the molecule is CCOC(=O)CCN(C)C(=O)c1ccc(NC(c2oc3ccc(NS(=O)(=O)c4ccccc4)cc3c2C)C2CCCCC2)cc1.Cc1c(C(Nc2ccc(C(=O)N(C)CCC(=O)O)cc2)C2CCCCC2)oc2ccc(NS(=O)(=O)c3ccccc3)cc12. The first-order valence-corrected chi connectivity index (χ1v) is 33.1. The molecule has 8 aromatic rings. The van der Waals surface area contributed by atoms with E-state index in [0.29, 0.717) is 52.1 Å². The molecule has 18 nitrogen and oxygen atoms in total. The molecule has 20 heteroatoms. The van der Waals surface area contributed by atoms with Gasteiger partial charge in [0.05, 0.1) is 41.3 Å². The van der Waals surface area contributed by atoms with Crippen LogP contribution in [0.25, 0.3) is 21.9 Å². The van der Waals surface area contributed by atoms with Crippen molar-refractivity contribution in [1.82, 2.24) is 9.80 Å². The second-order valence-corrected chi connectivity index (χ2v) is 26.2. The summed E-state index contributed by atoms with van der Waals surface area (Å²) in [5, 5.41) is 18.0. The number of anilines is 4. The maximum Gasteiger partial charge on any atom is 0.307 e. The van der Waals surface area contributed by atoms with E-state index in [1.165, 1.54) is 22.6 Å². The molecule has 2 aliphatic rings. The Balaban J connectivity index is 0.000000210. The largest absolute Gasteiger partial charge is 0.481 e. The average Bonchev–Trinajstić information content (AvgIpc) is 2.51. The summed E-state index contributed by atoms with van der Waals surface area (Å²) in [5.41, 5.74) is 6.95. The summed E-state index contributed by atoms with van der Waals surface area (Å²) in [6.45, 7) is 6.51. The number of carbonyl (C=O) groups excluding carboxylic acids is 3. The number of ether oxygens (including phenoxy) is 1. The summed E-state index contributed by atoms with van der Waals surface area (Å²) in [7, 11) is -4.19. The lowest BCUT2D eigenvalue weighted by Crippen LogP contribution is -2.29. The van der Waals surface area contributed by atoms with E-state index >= 15 is 0 Å². The van der Waals surface area contributed by atoms with E-state index in [1.807, 2.05) is 56.3 Å². The number of nitrogens with zero attached hydrogens (tertiary/aromatic N) is 2. The van der Waals surface area contributed by atoms with Crippen LogP contribution in [0.5, 0.6) is 0 Å². The number of furan rings is 2. The second kappa shape index (κ2) is 28.9. The standard InChI is InChI=1S/C35H41N3O6S.C33H37N3O6S/c1-4-43-32(39)21-22-38(3)35(40)26-15-17-27(18-16-26)36-33(25-11-7-5-8-12-25)34-24(2)30-23-28(19-20-31(30)44-34)37-45(41,42)29-13-9-6-10-14-29;1-22-28-21-26(35-43(40,41)27-11-7-4-8-12-27)17-18-29(28)42-32(22)31(23-9-5-3-6-10-23)34-25-15-13-24(14-16-25)33(39)36(2)20-19-30(37)38/h6,9-10,13-20,23,25,33,36-37H,4-5,7-8,11-12,21-22H2,1-3H3;4,7-8,11-18,21,23,31,34-35H,3,5-6,9-10,19-20H2,1-2H3,(H,37,38). The molecule has 2 saturated carbocycles. The van der Waals surface area contributed by atoms with E-state index in [-0.39, 0.29) is 65.6 Å². The molecule has 6 aromatic carbocycles. The number of carboxylic acids is 1. The van der Waals surface area contributed by atoms with Crippen LogP contribution in [0.4, 0.5) is 22.7 Å². The maximum atomic E-state index is 13.0. The van der Waals surface area contributed by atoms with E-state index in [2.05, 4.69) is 20.1 Å². The van der Waals surface area contributed by atoms with Gasteiger partial charge in [0.15, 0.2) is 0 Å². The van der Waals surface area contributed by atoms with Gasteiger partial charge in [0.1, 0.15) is 22.7 Å². The molecule has 2 aliphatic carbocycles. The van der Waals surface area contributed by atoms with Gasteiger partial charge < -0.3 is 39.1 Å². The van der Waals surface area contributed by atoms with E-state index in [0.717, 1.165) is 96.2 Å². The fourth-order valence-corrected chi connectivity index (χ4v) is 13.9. The van der Waals surface area contributed by atoms with Crippen LogP contribution < -0.4 is 20.1 Å². The average molecular weight is 1240 g/mol. The van der Waals surface area contributed by atoms with Gasteiger partial charge in [-0.05, 0) is 167 Å². The van der Waals surface area contributed by atoms with Gasteiger partial charge in [-0.15, -0.1) is 0 Å². The maximum absolute atomic E-state index is 13.0. The number of fused-ring (bicyclic) bond motifs is 2. The zero-order chi connectivity index (χ0) is 62.5. The number of hydrogen-bond donors (Lipinski definition) is 5. The molecule has 0 radical (unpaired) electrons. The van der Waals surface area contributed by atoms with Gasteiger partial charge in [-0.25, -0.2) is 16.8 Å². The molecule has 5 N–H and O–H groups in total. The third-order valence-corrected chi connectivity index (χ3v) is 19.4. The number of benzene rings is 6. The van der Waals surface area contributed by atoms with Crippen LogP contribution in [0.2, 0.25) is 0 Å². The number of aliphatic carboxylic acids is 1. The molecular formula is C68H78N6O12S2. The lowest BCUT2D eigenvalue weighted by atomic mass is 9.82. The molecule has 2 atom stereocenters. The minimum atomic E-state index is -3.73. The fraction of sp³-hybridized carbons (Fsp3) is 0.353. The number of hydrogen-bond acceptors (Lipinski definition) is 13. The predicted molar refractivity (Wildman–Crippen MR) is 343 cm³/mol. The first kappa shape index (κ1) is 63.9. The number of rotatable bonds is 23. The van der Waals surface area contributed by atoms with Gasteiger partial charge in [-0.1, -0.05) is 74.9 Å². The molecular weight excluding hydrogens is 1160 g/mol. The van der Waals surface area contributed by atoms with Crippen LogP contribution in [0.1, 0.15) is 139 Å². The highest BCUT2D eigenvalue weighted by Crippen LogP contribution is 2.43. The zero-order valence-corrected chi connectivity index (χ0v) is 52.1. The summed E-state index contributed by atoms with van der Waals surface area (Å²) >= 11 is 0. The number of sulfonamides is 2. The summed E-state index contributed by atoms with van der Waals surface area (Å²) in [6, 6.07) is 41.6.